The van der Waals surface area contributed by atoms with Crippen LogP contribution in [0.5, 0.6) is 5.75 Å². The van der Waals surface area contributed by atoms with Crippen LogP contribution in [0, 0.1) is 12.7 Å². The molecule has 0 spiro atoms. The largest absolute Gasteiger partial charge is 0.489 e. The first-order valence-corrected chi connectivity index (χ1v) is 7.56. The van der Waals surface area contributed by atoms with Crippen molar-refractivity contribution in [3.05, 3.63) is 35.5 Å². The third-order valence-corrected chi connectivity index (χ3v) is 3.01. The molecule has 0 fully saturated rings. The molecule has 6 nitrogen and oxygen atoms in total. The molecule has 0 saturated heterocycles. The molecule has 0 amide bonds. The van der Waals surface area contributed by atoms with Crippen LogP contribution in [0.1, 0.15) is 33.3 Å². The lowest BCUT2D eigenvalue weighted by atomic mass is 10.2. The van der Waals surface area contributed by atoms with Crippen molar-refractivity contribution in [3.8, 4) is 5.75 Å². The summed E-state index contributed by atoms with van der Waals surface area (Å²) in [5, 5.41) is 12.1. The summed E-state index contributed by atoms with van der Waals surface area (Å²) in [5.41, 5.74) is 6.14. The highest BCUT2D eigenvalue weighted by atomic mass is 19.1. The summed E-state index contributed by atoms with van der Waals surface area (Å²) in [5.74, 6) is -1.19. The highest BCUT2D eigenvalue weighted by Gasteiger charge is 2.22. The van der Waals surface area contributed by atoms with Gasteiger partial charge in [-0.2, -0.15) is 0 Å². The van der Waals surface area contributed by atoms with Crippen LogP contribution in [0.15, 0.2) is 24.1 Å². The van der Waals surface area contributed by atoms with E-state index in [1.165, 1.54) is 6.07 Å². The Hall–Kier alpha value is -2.44. The maximum absolute atomic E-state index is 13.4. The van der Waals surface area contributed by atoms with Crippen molar-refractivity contribution >= 4 is 11.7 Å². The van der Waals surface area contributed by atoms with Gasteiger partial charge in [0.1, 0.15) is 23.8 Å². The van der Waals surface area contributed by atoms with Gasteiger partial charge in [0.2, 0.25) is 0 Å². The number of aliphatic carboxylic acids is 1. The summed E-state index contributed by atoms with van der Waals surface area (Å²) in [6, 6.07) is 1.33. The molecule has 1 atom stereocenters. The van der Waals surface area contributed by atoms with Crippen LogP contribution in [0.3, 0.4) is 0 Å². The van der Waals surface area contributed by atoms with E-state index in [2.05, 4.69) is 5.32 Å². The number of rotatable bonds is 7. The second-order valence-electron chi connectivity index (χ2n) is 6.35. The number of halogens is 1. The van der Waals surface area contributed by atoms with E-state index in [0.29, 0.717) is 11.4 Å². The minimum absolute atomic E-state index is 0.110. The molecule has 0 aliphatic heterocycles. The van der Waals surface area contributed by atoms with E-state index >= 15 is 0 Å². The molecule has 0 radical (unpaired) electrons. The van der Waals surface area contributed by atoms with E-state index in [1.807, 2.05) is 20.8 Å². The molecule has 0 saturated carbocycles. The van der Waals surface area contributed by atoms with Gasteiger partial charge < -0.3 is 25.6 Å². The van der Waals surface area contributed by atoms with Gasteiger partial charge in [-0.1, -0.05) is 0 Å². The molecule has 0 bridgehead atoms. The van der Waals surface area contributed by atoms with Gasteiger partial charge in [0, 0.05) is 6.07 Å². The Morgan fingerprint density at radius 3 is 2.58 bits per heavy atom. The zero-order chi connectivity index (χ0) is 18.5. The predicted molar refractivity (Wildman–Crippen MR) is 90.2 cm³/mol. The van der Waals surface area contributed by atoms with Gasteiger partial charge in [-0.05, 0) is 52.3 Å². The Morgan fingerprint density at radius 2 is 2.08 bits per heavy atom. The number of hydrogen-bond donors (Lipinski definition) is 3. The fourth-order valence-corrected chi connectivity index (χ4v) is 1.86. The minimum atomic E-state index is -1.13. The number of carboxylic acids is 1. The van der Waals surface area contributed by atoms with Crippen LogP contribution < -0.4 is 15.8 Å². The highest BCUT2D eigenvalue weighted by molar-refractivity contribution is 5.74. The molecule has 134 valence electrons. The lowest BCUT2D eigenvalue weighted by Gasteiger charge is -2.26. The minimum Gasteiger partial charge on any atom is -0.489 e. The summed E-state index contributed by atoms with van der Waals surface area (Å²) in [4.78, 5) is 11.4. The zero-order valence-electron chi connectivity index (χ0n) is 14.6. The van der Waals surface area contributed by atoms with Gasteiger partial charge in [0.05, 0.1) is 5.69 Å². The van der Waals surface area contributed by atoms with Crippen molar-refractivity contribution in [1.29, 1.82) is 0 Å². The Balaban J connectivity index is 2.83. The van der Waals surface area contributed by atoms with Crippen molar-refractivity contribution in [2.24, 2.45) is 0 Å². The normalized spacial score (nSPS) is 13.3. The third kappa shape index (κ3) is 5.98. The monoisotopic (exact) mass is 340 g/mol. The van der Waals surface area contributed by atoms with Gasteiger partial charge in [0.15, 0.2) is 11.9 Å². The van der Waals surface area contributed by atoms with Gasteiger partial charge in [-0.25, -0.2) is 9.18 Å². The van der Waals surface area contributed by atoms with E-state index in [1.54, 1.807) is 19.9 Å². The lowest BCUT2D eigenvalue weighted by Crippen LogP contribution is -2.42. The van der Waals surface area contributed by atoms with Crippen LogP contribution in [0.25, 0.3) is 0 Å². The number of anilines is 1. The molecule has 0 aliphatic rings. The highest BCUT2D eigenvalue weighted by Crippen LogP contribution is 2.26. The quantitative estimate of drug-likeness (QED) is 0.522. The first kappa shape index (κ1) is 19.6. The Bertz CT molecular complexity index is 624. The van der Waals surface area contributed by atoms with Gasteiger partial charge in [-0.3, -0.25) is 0 Å². The predicted octanol–water partition coefficient (Wildman–Crippen LogP) is 2.81. The number of aryl methyl sites for hydroxylation is 1. The summed E-state index contributed by atoms with van der Waals surface area (Å²) in [6.07, 6.45) is 1.63. The lowest BCUT2D eigenvalue weighted by molar-refractivity contribution is -0.140. The second-order valence-corrected chi connectivity index (χ2v) is 6.35. The van der Waals surface area contributed by atoms with E-state index in [-0.39, 0.29) is 18.0 Å². The number of benzene rings is 1. The summed E-state index contributed by atoms with van der Waals surface area (Å²) < 4.78 is 24.5. The van der Waals surface area contributed by atoms with Crippen molar-refractivity contribution in [3.63, 3.8) is 0 Å². The standard InChI is InChI=1S/C17H25FN2O4/c1-6-14(24-17(3,4)5)20-12(16(21)22)9-23-13-8-11(18)7-10(2)15(13)19/h6-8,12,20H,9,19H2,1-5H3,(H,21,22)/b14-6-/t12-/m0/s1. The number of carboxylic acid groups (broad SMARTS) is 1. The van der Waals surface area contributed by atoms with Gasteiger partial charge in [0.25, 0.3) is 0 Å². The number of hydrogen-bond acceptors (Lipinski definition) is 5. The maximum atomic E-state index is 13.4. The van der Waals surface area contributed by atoms with Crippen LogP contribution in [-0.4, -0.2) is 29.3 Å². The van der Waals surface area contributed by atoms with Crippen LogP contribution in [0.4, 0.5) is 10.1 Å². The summed E-state index contributed by atoms with van der Waals surface area (Å²) >= 11 is 0. The smallest absolute Gasteiger partial charge is 0.329 e. The molecule has 7 heteroatoms. The zero-order valence-corrected chi connectivity index (χ0v) is 14.6. The van der Waals surface area contributed by atoms with Crippen molar-refractivity contribution in [1.82, 2.24) is 5.32 Å². The number of nitrogens with one attached hydrogen (secondary N) is 1. The average Bonchev–Trinajstić information content (AvgIpc) is 2.45. The van der Waals surface area contributed by atoms with E-state index in [9.17, 15) is 14.3 Å². The molecule has 0 unspecified atom stereocenters. The van der Waals surface area contributed by atoms with Crippen molar-refractivity contribution < 1.29 is 23.8 Å². The number of carbonyl (C=O) groups is 1. The van der Waals surface area contributed by atoms with Crippen LogP contribution >= 0.6 is 0 Å². The molecule has 0 aromatic heterocycles. The SMILES string of the molecule is C/C=C(/N[C@@H](COc1cc(F)cc(C)c1N)C(=O)O)OC(C)(C)C. The molecule has 0 heterocycles. The van der Waals surface area contributed by atoms with E-state index < -0.39 is 23.4 Å². The fourth-order valence-electron chi connectivity index (χ4n) is 1.86. The van der Waals surface area contributed by atoms with E-state index in [4.69, 9.17) is 15.2 Å². The van der Waals surface area contributed by atoms with Crippen molar-refractivity contribution in [2.75, 3.05) is 12.3 Å². The first-order valence-electron chi connectivity index (χ1n) is 7.56. The van der Waals surface area contributed by atoms with Gasteiger partial charge >= 0.3 is 5.97 Å². The molecule has 24 heavy (non-hydrogen) atoms. The fraction of sp³-hybridized carbons (Fsp3) is 0.471. The van der Waals surface area contributed by atoms with E-state index in [0.717, 1.165) is 6.07 Å². The molecule has 1 rings (SSSR count). The Morgan fingerprint density at radius 1 is 1.46 bits per heavy atom. The number of nitrogen functional groups attached to an aromatic ring is 1. The van der Waals surface area contributed by atoms with Gasteiger partial charge in [-0.15, -0.1) is 0 Å². The molecular weight excluding hydrogens is 315 g/mol. The molecule has 0 aliphatic carbocycles. The molecule has 1 aromatic carbocycles. The average molecular weight is 340 g/mol. The second kappa shape index (κ2) is 7.90. The van der Waals surface area contributed by atoms with Crippen molar-refractivity contribution in [2.45, 2.75) is 46.3 Å². The Labute approximate surface area is 141 Å². The maximum Gasteiger partial charge on any atom is 0.329 e. The summed E-state index contributed by atoms with van der Waals surface area (Å²) in [6.45, 7) is 8.67. The molecular formula is C17H25FN2O4. The topological polar surface area (TPSA) is 93.8 Å². The molecule has 1 aromatic rings. The van der Waals surface area contributed by atoms with Crippen LogP contribution in [0.2, 0.25) is 0 Å². The number of ether oxygens (including phenoxy) is 2. The summed E-state index contributed by atoms with van der Waals surface area (Å²) in [7, 11) is 0. The first-order chi connectivity index (χ1) is 11.0. The number of allylic oxidation sites excluding steroid dienone is 1. The Kier molecular flexibility index (Phi) is 6.45. The third-order valence-electron chi connectivity index (χ3n) is 3.01. The molecule has 4 N–H and O–H groups in total. The van der Waals surface area contributed by atoms with Crippen LogP contribution in [-0.2, 0) is 9.53 Å². The number of nitrogens with two attached hydrogens (primary N) is 1.